The molecule has 102 valence electrons. The molecule has 3 rings (SSSR count). The third-order valence-corrected chi connectivity index (χ3v) is 3.09. The lowest BCUT2D eigenvalue weighted by Gasteiger charge is -2.15. The van der Waals surface area contributed by atoms with Crippen molar-refractivity contribution < 1.29 is 0 Å². The molecule has 2 heterocycles. The maximum atomic E-state index is 5.70. The maximum Gasteiger partial charge on any atom is 0.224 e. The molecule has 0 saturated carbocycles. The largest absolute Gasteiger partial charge is 0.368 e. The molecule has 2 aromatic heterocycles. The minimum Gasteiger partial charge on any atom is -0.368 e. The number of fused-ring (bicyclic) bond motifs is 1. The predicted molar refractivity (Wildman–Crippen MR) is 79.3 cm³/mol. The molecule has 6 heteroatoms. The quantitative estimate of drug-likeness (QED) is 0.673. The highest BCUT2D eigenvalue weighted by molar-refractivity contribution is 5.86. The van der Waals surface area contributed by atoms with Crippen LogP contribution in [0.15, 0.2) is 36.5 Å². The van der Waals surface area contributed by atoms with Crippen molar-refractivity contribution in [3.05, 3.63) is 42.1 Å². The highest BCUT2D eigenvalue weighted by Crippen LogP contribution is 2.20. The summed E-state index contributed by atoms with van der Waals surface area (Å²) in [5, 5.41) is 11.0. The van der Waals surface area contributed by atoms with Crippen molar-refractivity contribution >= 4 is 22.8 Å². The number of nitrogens with one attached hydrogen (secondary N) is 2. The molecule has 0 radical (unpaired) electrons. The maximum absolute atomic E-state index is 5.70. The molecule has 4 N–H and O–H groups in total. The van der Waals surface area contributed by atoms with Crippen LogP contribution >= 0.6 is 0 Å². The number of rotatable bonds is 4. The van der Waals surface area contributed by atoms with Crippen molar-refractivity contribution in [2.24, 2.45) is 0 Å². The summed E-state index contributed by atoms with van der Waals surface area (Å²) >= 11 is 0. The summed E-state index contributed by atoms with van der Waals surface area (Å²) in [4.78, 5) is 8.35. The number of H-pyrrole nitrogens is 1. The number of anilines is 2. The van der Waals surface area contributed by atoms with Crippen LogP contribution in [0.1, 0.15) is 12.5 Å². The normalized spacial score (nSPS) is 12.4. The van der Waals surface area contributed by atoms with Gasteiger partial charge in [-0.25, -0.2) is 0 Å². The van der Waals surface area contributed by atoms with Crippen molar-refractivity contribution in [1.29, 1.82) is 0 Å². The zero-order valence-corrected chi connectivity index (χ0v) is 11.2. The standard InChI is InChI=1S/C14H16N6/c1-9(7-10-5-3-2-4-6-10)17-12-11-8-16-20-13(11)19-14(15)18-12/h2-6,8-9H,7H2,1H3,(H4,15,16,17,18,19,20). The number of aromatic nitrogens is 4. The lowest BCUT2D eigenvalue weighted by atomic mass is 10.1. The molecule has 1 atom stereocenters. The Morgan fingerprint density at radius 1 is 1.25 bits per heavy atom. The van der Waals surface area contributed by atoms with Crippen LogP contribution in [0, 0.1) is 0 Å². The molecule has 0 aliphatic heterocycles. The van der Waals surface area contributed by atoms with Gasteiger partial charge in [-0.05, 0) is 18.9 Å². The Hall–Kier alpha value is -2.63. The summed E-state index contributed by atoms with van der Waals surface area (Å²) in [6.07, 6.45) is 2.61. The molecule has 20 heavy (non-hydrogen) atoms. The molecular formula is C14H16N6. The number of hydrogen-bond acceptors (Lipinski definition) is 5. The van der Waals surface area contributed by atoms with Crippen LogP contribution in [0.2, 0.25) is 0 Å². The number of nitrogens with two attached hydrogens (primary N) is 1. The summed E-state index contributed by atoms with van der Waals surface area (Å²) in [5.74, 6) is 0.945. The average Bonchev–Trinajstić information content (AvgIpc) is 2.88. The molecule has 1 unspecified atom stereocenters. The van der Waals surface area contributed by atoms with Crippen LogP contribution in [0.25, 0.3) is 11.0 Å². The highest BCUT2D eigenvalue weighted by Gasteiger charge is 2.11. The number of hydrogen-bond donors (Lipinski definition) is 3. The first-order valence-electron chi connectivity index (χ1n) is 6.49. The van der Waals surface area contributed by atoms with E-state index in [4.69, 9.17) is 5.73 Å². The first-order valence-corrected chi connectivity index (χ1v) is 6.49. The first kappa shape index (κ1) is 12.4. The summed E-state index contributed by atoms with van der Waals surface area (Å²) in [5.41, 5.74) is 7.62. The Labute approximate surface area is 116 Å². The van der Waals surface area contributed by atoms with Gasteiger partial charge in [0.2, 0.25) is 5.95 Å². The van der Waals surface area contributed by atoms with Gasteiger partial charge in [0.1, 0.15) is 5.82 Å². The van der Waals surface area contributed by atoms with Gasteiger partial charge in [-0.1, -0.05) is 30.3 Å². The molecule has 0 aliphatic rings. The fourth-order valence-electron chi connectivity index (χ4n) is 2.21. The predicted octanol–water partition coefficient (Wildman–Crippen LogP) is 1.98. The Kier molecular flexibility index (Phi) is 3.20. The van der Waals surface area contributed by atoms with Crippen molar-refractivity contribution in [2.75, 3.05) is 11.1 Å². The van der Waals surface area contributed by atoms with Gasteiger partial charge < -0.3 is 11.1 Å². The Morgan fingerprint density at radius 3 is 2.85 bits per heavy atom. The van der Waals surface area contributed by atoms with Crippen molar-refractivity contribution in [2.45, 2.75) is 19.4 Å². The summed E-state index contributed by atoms with van der Waals surface area (Å²) in [7, 11) is 0. The van der Waals surface area contributed by atoms with Crippen molar-refractivity contribution in [1.82, 2.24) is 20.2 Å². The molecule has 3 aromatic rings. The Bertz CT molecular complexity index is 706. The smallest absolute Gasteiger partial charge is 0.224 e. The van der Waals surface area contributed by atoms with Crippen molar-refractivity contribution in [3.63, 3.8) is 0 Å². The summed E-state index contributed by atoms with van der Waals surface area (Å²) in [6.45, 7) is 2.11. The minimum absolute atomic E-state index is 0.227. The third kappa shape index (κ3) is 2.54. The Morgan fingerprint density at radius 2 is 2.05 bits per heavy atom. The van der Waals surface area contributed by atoms with Crippen molar-refractivity contribution in [3.8, 4) is 0 Å². The van der Waals surface area contributed by atoms with E-state index in [1.54, 1.807) is 6.20 Å². The van der Waals surface area contributed by atoms with Crippen LogP contribution in [0.3, 0.4) is 0 Å². The number of benzene rings is 1. The lowest BCUT2D eigenvalue weighted by Crippen LogP contribution is -2.19. The van der Waals surface area contributed by atoms with E-state index in [1.165, 1.54) is 5.56 Å². The van der Waals surface area contributed by atoms with Crippen LogP contribution < -0.4 is 11.1 Å². The first-order chi connectivity index (χ1) is 9.72. The van der Waals surface area contributed by atoms with E-state index in [1.807, 2.05) is 18.2 Å². The fourth-order valence-corrected chi connectivity index (χ4v) is 2.21. The second kappa shape index (κ2) is 5.16. The van der Waals surface area contributed by atoms with Gasteiger partial charge in [-0.3, -0.25) is 5.10 Å². The van der Waals surface area contributed by atoms with Crippen LogP contribution in [0.5, 0.6) is 0 Å². The molecule has 0 aliphatic carbocycles. The number of aromatic amines is 1. The molecule has 0 spiro atoms. The van der Waals surface area contributed by atoms with E-state index in [9.17, 15) is 0 Å². The number of nitrogens with zero attached hydrogens (tertiary/aromatic N) is 3. The zero-order chi connectivity index (χ0) is 13.9. The molecule has 6 nitrogen and oxygen atoms in total. The fraction of sp³-hybridized carbons (Fsp3) is 0.214. The van der Waals surface area contributed by atoms with Gasteiger partial charge in [0.25, 0.3) is 0 Å². The topological polar surface area (TPSA) is 92.5 Å². The molecule has 0 amide bonds. The minimum atomic E-state index is 0.227. The van der Waals surface area contributed by atoms with E-state index < -0.39 is 0 Å². The van der Waals surface area contributed by atoms with Gasteiger partial charge in [-0.2, -0.15) is 15.1 Å². The molecule has 0 saturated heterocycles. The van der Waals surface area contributed by atoms with E-state index in [2.05, 4.69) is 44.5 Å². The van der Waals surface area contributed by atoms with E-state index in [0.717, 1.165) is 11.8 Å². The van der Waals surface area contributed by atoms with Gasteiger partial charge in [-0.15, -0.1) is 0 Å². The van der Waals surface area contributed by atoms with Gasteiger partial charge in [0.15, 0.2) is 5.65 Å². The van der Waals surface area contributed by atoms with Crippen LogP contribution in [-0.2, 0) is 6.42 Å². The molecule has 0 bridgehead atoms. The molecular weight excluding hydrogens is 252 g/mol. The Balaban J connectivity index is 1.80. The van der Waals surface area contributed by atoms with E-state index >= 15 is 0 Å². The third-order valence-electron chi connectivity index (χ3n) is 3.09. The average molecular weight is 268 g/mol. The second-order valence-corrected chi connectivity index (χ2v) is 4.80. The second-order valence-electron chi connectivity index (χ2n) is 4.80. The zero-order valence-electron chi connectivity index (χ0n) is 11.2. The summed E-state index contributed by atoms with van der Waals surface area (Å²) < 4.78 is 0. The van der Waals surface area contributed by atoms with Gasteiger partial charge in [0.05, 0.1) is 11.6 Å². The van der Waals surface area contributed by atoms with E-state index in [0.29, 0.717) is 11.5 Å². The number of nitrogen functional groups attached to an aromatic ring is 1. The monoisotopic (exact) mass is 268 g/mol. The molecule has 0 fully saturated rings. The van der Waals surface area contributed by atoms with E-state index in [-0.39, 0.29) is 12.0 Å². The molecule has 1 aromatic carbocycles. The van der Waals surface area contributed by atoms with Crippen LogP contribution in [0.4, 0.5) is 11.8 Å². The van der Waals surface area contributed by atoms with Gasteiger partial charge in [0, 0.05) is 6.04 Å². The van der Waals surface area contributed by atoms with Gasteiger partial charge >= 0.3 is 0 Å². The van der Waals surface area contributed by atoms with Crippen LogP contribution in [-0.4, -0.2) is 26.2 Å². The lowest BCUT2D eigenvalue weighted by molar-refractivity contribution is 0.786. The highest BCUT2D eigenvalue weighted by atomic mass is 15.2. The SMILES string of the molecule is CC(Cc1ccccc1)Nc1nc(N)nc2[nH]ncc12. The summed E-state index contributed by atoms with van der Waals surface area (Å²) in [6, 6.07) is 10.5.